The highest BCUT2D eigenvalue weighted by Gasteiger charge is 2.23. The summed E-state index contributed by atoms with van der Waals surface area (Å²) in [4.78, 5) is 19.2. The summed E-state index contributed by atoms with van der Waals surface area (Å²) in [7, 11) is 0. The average molecular weight is 385 g/mol. The molecule has 2 aromatic heterocycles. The third-order valence-corrected chi connectivity index (χ3v) is 5.35. The Hall–Kier alpha value is -2.41. The van der Waals surface area contributed by atoms with E-state index >= 15 is 0 Å². The third-order valence-electron chi connectivity index (χ3n) is 5.35. The van der Waals surface area contributed by atoms with Crippen LogP contribution in [0.4, 0.5) is 4.79 Å². The van der Waals surface area contributed by atoms with Crippen molar-refractivity contribution < 1.29 is 4.79 Å². The molecule has 2 amide bonds. The minimum Gasteiger partial charge on any atom is -0.337 e. The number of rotatable bonds is 7. The fourth-order valence-corrected chi connectivity index (χ4v) is 3.76. The number of hydrogen-bond acceptors (Lipinski definition) is 4. The van der Waals surface area contributed by atoms with Crippen molar-refractivity contribution in [2.75, 3.05) is 19.6 Å². The van der Waals surface area contributed by atoms with E-state index < -0.39 is 0 Å². The predicted octanol–water partition coefficient (Wildman–Crippen LogP) is 2.97. The van der Waals surface area contributed by atoms with Gasteiger partial charge >= 0.3 is 6.03 Å². The SMILES string of the molecule is CC(C)C(CNC(=O)NCc1ccnc(-n2cccn2)c1)N1CCCCCC1. The molecule has 1 saturated heterocycles. The zero-order valence-corrected chi connectivity index (χ0v) is 17.0. The molecule has 2 aromatic rings. The minimum atomic E-state index is -0.127. The molecule has 2 N–H and O–H groups in total. The van der Waals surface area contributed by atoms with Gasteiger partial charge in [-0.25, -0.2) is 14.5 Å². The van der Waals surface area contributed by atoms with E-state index in [4.69, 9.17) is 0 Å². The first-order valence-corrected chi connectivity index (χ1v) is 10.3. The summed E-state index contributed by atoms with van der Waals surface area (Å²) in [6, 6.07) is 5.95. The maximum absolute atomic E-state index is 12.3. The molecule has 1 aliphatic rings. The smallest absolute Gasteiger partial charge is 0.315 e. The first-order valence-electron chi connectivity index (χ1n) is 10.3. The van der Waals surface area contributed by atoms with Gasteiger partial charge < -0.3 is 10.6 Å². The molecule has 3 rings (SSSR count). The van der Waals surface area contributed by atoms with E-state index in [2.05, 4.69) is 39.5 Å². The number of carbonyl (C=O) groups is 1. The van der Waals surface area contributed by atoms with Crippen LogP contribution in [0.15, 0.2) is 36.8 Å². The van der Waals surface area contributed by atoms with Crippen molar-refractivity contribution in [1.29, 1.82) is 0 Å². The van der Waals surface area contributed by atoms with Crippen molar-refractivity contribution in [3.8, 4) is 5.82 Å². The number of pyridine rings is 1. The molecule has 0 aromatic carbocycles. The molecule has 7 heteroatoms. The highest BCUT2D eigenvalue weighted by Crippen LogP contribution is 2.17. The lowest BCUT2D eigenvalue weighted by molar-refractivity contribution is 0.157. The number of urea groups is 1. The molecule has 1 aliphatic heterocycles. The molecule has 1 fully saturated rings. The van der Waals surface area contributed by atoms with Gasteiger partial charge in [-0.3, -0.25) is 4.90 Å². The molecule has 7 nitrogen and oxygen atoms in total. The second kappa shape index (κ2) is 10.2. The standard InChI is InChI=1S/C21H32N6O/c1-17(2)19(26-11-5-3-4-6-12-26)16-24-21(28)23-15-18-8-10-22-20(14-18)27-13-7-9-25-27/h7-10,13-14,17,19H,3-6,11-12,15-16H2,1-2H3,(H2,23,24,28). The molecule has 1 unspecified atom stereocenters. The van der Waals surface area contributed by atoms with Gasteiger partial charge in [-0.15, -0.1) is 0 Å². The molecule has 3 heterocycles. The molecular formula is C21H32N6O. The minimum absolute atomic E-state index is 0.127. The quantitative estimate of drug-likeness (QED) is 0.770. The predicted molar refractivity (Wildman–Crippen MR) is 110 cm³/mol. The van der Waals surface area contributed by atoms with Gasteiger partial charge in [-0.2, -0.15) is 5.10 Å². The molecule has 0 bridgehead atoms. The Morgan fingerprint density at radius 2 is 1.93 bits per heavy atom. The summed E-state index contributed by atoms with van der Waals surface area (Å²) in [5.41, 5.74) is 0.989. The first kappa shape index (κ1) is 20.3. The van der Waals surface area contributed by atoms with Gasteiger partial charge in [0, 0.05) is 37.7 Å². The summed E-state index contributed by atoms with van der Waals surface area (Å²) >= 11 is 0. The van der Waals surface area contributed by atoms with Gasteiger partial charge in [0.15, 0.2) is 5.82 Å². The third kappa shape index (κ3) is 5.79. The lowest BCUT2D eigenvalue weighted by atomic mass is 10.0. The van der Waals surface area contributed by atoms with Crippen molar-refractivity contribution in [2.45, 2.75) is 52.1 Å². The Kier molecular flexibility index (Phi) is 7.42. The normalized spacial score (nSPS) is 16.5. The topological polar surface area (TPSA) is 75.1 Å². The van der Waals surface area contributed by atoms with Crippen LogP contribution in [0.3, 0.4) is 0 Å². The maximum atomic E-state index is 12.3. The number of likely N-dealkylation sites (tertiary alicyclic amines) is 1. The molecular weight excluding hydrogens is 352 g/mol. The highest BCUT2D eigenvalue weighted by molar-refractivity contribution is 5.73. The number of carbonyl (C=O) groups excluding carboxylic acids is 1. The van der Waals surface area contributed by atoms with Crippen LogP contribution >= 0.6 is 0 Å². The van der Waals surface area contributed by atoms with Crippen molar-refractivity contribution in [3.05, 3.63) is 42.4 Å². The Morgan fingerprint density at radius 1 is 1.14 bits per heavy atom. The van der Waals surface area contributed by atoms with Crippen LogP contribution in [0, 0.1) is 5.92 Å². The molecule has 0 saturated carbocycles. The van der Waals surface area contributed by atoms with Gasteiger partial charge in [0.25, 0.3) is 0 Å². The second-order valence-electron chi connectivity index (χ2n) is 7.80. The number of amides is 2. The van der Waals surface area contributed by atoms with Crippen LogP contribution in [-0.4, -0.2) is 51.4 Å². The number of nitrogens with one attached hydrogen (secondary N) is 2. The van der Waals surface area contributed by atoms with E-state index in [1.54, 1.807) is 17.1 Å². The summed E-state index contributed by atoms with van der Waals surface area (Å²) in [5, 5.41) is 10.2. The lowest BCUT2D eigenvalue weighted by Gasteiger charge is -2.33. The van der Waals surface area contributed by atoms with E-state index in [0.29, 0.717) is 25.0 Å². The van der Waals surface area contributed by atoms with Crippen molar-refractivity contribution in [1.82, 2.24) is 30.3 Å². The van der Waals surface area contributed by atoms with E-state index in [1.807, 2.05) is 24.4 Å². The van der Waals surface area contributed by atoms with Gasteiger partial charge in [-0.1, -0.05) is 26.7 Å². The highest BCUT2D eigenvalue weighted by atomic mass is 16.2. The monoisotopic (exact) mass is 384 g/mol. The largest absolute Gasteiger partial charge is 0.337 e. The van der Waals surface area contributed by atoms with Crippen LogP contribution in [0.25, 0.3) is 5.82 Å². The van der Waals surface area contributed by atoms with Crippen LogP contribution < -0.4 is 10.6 Å². The molecule has 152 valence electrons. The van der Waals surface area contributed by atoms with Gasteiger partial charge in [0.1, 0.15) is 0 Å². The summed E-state index contributed by atoms with van der Waals surface area (Å²) in [5.74, 6) is 1.25. The van der Waals surface area contributed by atoms with E-state index in [1.165, 1.54) is 25.7 Å². The van der Waals surface area contributed by atoms with E-state index in [-0.39, 0.29) is 6.03 Å². The second-order valence-corrected chi connectivity index (χ2v) is 7.80. The Labute approximate surface area is 167 Å². The van der Waals surface area contributed by atoms with E-state index in [0.717, 1.165) is 24.5 Å². The molecule has 0 aliphatic carbocycles. The average Bonchev–Trinajstić information content (AvgIpc) is 3.11. The van der Waals surface area contributed by atoms with Gasteiger partial charge in [0.05, 0.1) is 0 Å². The fraction of sp³-hybridized carbons (Fsp3) is 0.571. The Morgan fingerprint density at radius 3 is 2.61 bits per heavy atom. The zero-order chi connectivity index (χ0) is 19.8. The molecule has 0 spiro atoms. The van der Waals surface area contributed by atoms with Gasteiger partial charge in [-0.05, 0) is 55.6 Å². The number of hydrogen-bond donors (Lipinski definition) is 2. The fourth-order valence-electron chi connectivity index (χ4n) is 3.76. The zero-order valence-electron chi connectivity index (χ0n) is 17.0. The molecule has 1 atom stereocenters. The van der Waals surface area contributed by atoms with Crippen molar-refractivity contribution in [2.24, 2.45) is 5.92 Å². The Balaban J connectivity index is 1.49. The van der Waals surface area contributed by atoms with Gasteiger partial charge in [0.2, 0.25) is 0 Å². The van der Waals surface area contributed by atoms with Crippen molar-refractivity contribution >= 4 is 6.03 Å². The van der Waals surface area contributed by atoms with Crippen LogP contribution in [0.1, 0.15) is 45.1 Å². The Bertz CT molecular complexity index is 722. The summed E-state index contributed by atoms with van der Waals surface area (Å²) < 4.78 is 1.71. The van der Waals surface area contributed by atoms with Crippen LogP contribution in [0.5, 0.6) is 0 Å². The number of nitrogens with zero attached hydrogens (tertiary/aromatic N) is 4. The van der Waals surface area contributed by atoms with Crippen molar-refractivity contribution in [3.63, 3.8) is 0 Å². The van der Waals surface area contributed by atoms with E-state index in [9.17, 15) is 4.79 Å². The summed E-state index contributed by atoms with van der Waals surface area (Å²) in [6.07, 6.45) is 10.5. The maximum Gasteiger partial charge on any atom is 0.315 e. The molecule has 0 radical (unpaired) electrons. The lowest BCUT2D eigenvalue weighted by Crippen LogP contribution is -2.49. The number of aromatic nitrogens is 3. The first-order chi connectivity index (χ1) is 13.6. The summed E-state index contributed by atoms with van der Waals surface area (Å²) in [6.45, 7) is 7.89. The van der Waals surface area contributed by atoms with Crippen LogP contribution in [0.2, 0.25) is 0 Å². The van der Waals surface area contributed by atoms with Crippen LogP contribution in [-0.2, 0) is 6.54 Å². The molecule has 28 heavy (non-hydrogen) atoms.